The first-order valence-corrected chi connectivity index (χ1v) is 9.22. The molecule has 0 unspecified atom stereocenters. The molecule has 2 aromatic rings. The van der Waals surface area contributed by atoms with E-state index in [9.17, 15) is 9.59 Å². The summed E-state index contributed by atoms with van der Waals surface area (Å²) in [6.07, 6.45) is 1.90. The molecule has 2 aromatic carbocycles. The van der Waals surface area contributed by atoms with Gasteiger partial charge in [-0.25, -0.2) is 4.79 Å². The molecule has 0 N–H and O–H groups in total. The van der Waals surface area contributed by atoms with Crippen molar-refractivity contribution in [2.75, 3.05) is 18.1 Å². The second kappa shape index (κ2) is 7.35. The number of esters is 1. The minimum Gasteiger partial charge on any atom is -0.490 e. The van der Waals surface area contributed by atoms with Crippen molar-refractivity contribution in [3.8, 4) is 5.75 Å². The van der Waals surface area contributed by atoms with Gasteiger partial charge in [-0.05, 0) is 36.8 Å². The van der Waals surface area contributed by atoms with Crippen LogP contribution in [-0.2, 0) is 14.3 Å². The molecule has 1 atom stereocenters. The van der Waals surface area contributed by atoms with Gasteiger partial charge in [-0.1, -0.05) is 42.5 Å². The summed E-state index contributed by atoms with van der Waals surface area (Å²) in [6, 6.07) is 15.2. The number of hydrogen-bond donors (Lipinski definition) is 0. The van der Waals surface area contributed by atoms with Crippen molar-refractivity contribution in [2.45, 2.75) is 19.3 Å². The highest BCUT2D eigenvalue weighted by Crippen LogP contribution is 2.42. The van der Waals surface area contributed by atoms with Crippen LogP contribution in [0.2, 0.25) is 0 Å². The van der Waals surface area contributed by atoms with Crippen LogP contribution in [0.4, 0.5) is 5.69 Å². The van der Waals surface area contributed by atoms with Gasteiger partial charge in [0.1, 0.15) is 19.0 Å². The van der Waals surface area contributed by atoms with Crippen LogP contribution in [0.15, 0.2) is 72.5 Å². The van der Waals surface area contributed by atoms with Crippen LogP contribution in [0.3, 0.4) is 0 Å². The Morgan fingerprint density at radius 2 is 1.86 bits per heavy atom. The van der Waals surface area contributed by atoms with E-state index >= 15 is 0 Å². The summed E-state index contributed by atoms with van der Waals surface area (Å²) in [5, 5.41) is 0. The molecule has 2 aliphatic rings. The van der Waals surface area contributed by atoms with Crippen molar-refractivity contribution in [1.29, 1.82) is 0 Å². The third-order valence-corrected chi connectivity index (χ3v) is 5.06. The maximum absolute atomic E-state index is 13.0. The number of carbonyl (C=O) groups excluding carboxylic acids is 2. The summed E-state index contributed by atoms with van der Waals surface area (Å²) in [5.41, 5.74) is 3.97. The van der Waals surface area contributed by atoms with Gasteiger partial charge in [0.05, 0.1) is 11.3 Å². The van der Waals surface area contributed by atoms with Gasteiger partial charge < -0.3 is 9.47 Å². The third kappa shape index (κ3) is 3.20. The Labute approximate surface area is 163 Å². The Bertz CT molecular complexity index is 957. The highest BCUT2D eigenvalue weighted by atomic mass is 16.5. The van der Waals surface area contributed by atoms with Gasteiger partial charge in [0.2, 0.25) is 5.91 Å². The van der Waals surface area contributed by atoms with E-state index in [0.29, 0.717) is 17.9 Å². The number of hydrogen-bond acceptors (Lipinski definition) is 4. The lowest BCUT2D eigenvalue weighted by Crippen LogP contribution is -2.37. The van der Waals surface area contributed by atoms with Crippen molar-refractivity contribution < 1.29 is 19.1 Å². The number of carbonyl (C=O) groups is 2. The molecule has 5 nitrogen and oxygen atoms in total. The van der Waals surface area contributed by atoms with E-state index in [-0.39, 0.29) is 30.8 Å². The Balaban J connectivity index is 1.70. The van der Waals surface area contributed by atoms with Gasteiger partial charge in [-0.15, -0.1) is 0 Å². The summed E-state index contributed by atoms with van der Waals surface area (Å²) in [5.74, 6) is 0.0115. The summed E-state index contributed by atoms with van der Waals surface area (Å²) in [7, 11) is 0. The van der Waals surface area contributed by atoms with E-state index < -0.39 is 0 Å². The fourth-order valence-electron chi connectivity index (χ4n) is 3.68. The Kier molecular flexibility index (Phi) is 4.74. The van der Waals surface area contributed by atoms with Crippen LogP contribution < -0.4 is 9.64 Å². The Morgan fingerprint density at radius 1 is 1.14 bits per heavy atom. The zero-order valence-electron chi connectivity index (χ0n) is 15.7. The lowest BCUT2D eigenvalue weighted by Gasteiger charge is -2.32. The van der Waals surface area contributed by atoms with Crippen molar-refractivity contribution >= 4 is 17.6 Å². The zero-order chi connectivity index (χ0) is 19.7. The molecule has 2 heterocycles. The molecule has 0 saturated heterocycles. The summed E-state index contributed by atoms with van der Waals surface area (Å²) in [6.45, 7) is 6.17. The average molecular weight is 375 g/mol. The Hall–Kier alpha value is -3.34. The van der Waals surface area contributed by atoms with E-state index in [4.69, 9.17) is 9.47 Å². The molecule has 0 saturated carbocycles. The second-order valence-corrected chi connectivity index (χ2v) is 6.93. The molecule has 0 fully saturated rings. The normalized spacial score (nSPS) is 18.8. The summed E-state index contributed by atoms with van der Waals surface area (Å²) < 4.78 is 10.8. The second-order valence-electron chi connectivity index (χ2n) is 6.93. The number of cyclic esters (lactones) is 1. The lowest BCUT2D eigenvalue weighted by atomic mass is 9.84. The smallest absolute Gasteiger partial charge is 0.336 e. The van der Waals surface area contributed by atoms with Gasteiger partial charge >= 0.3 is 5.97 Å². The predicted molar refractivity (Wildman–Crippen MR) is 106 cm³/mol. The quantitative estimate of drug-likeness (QED) is 0.588. The predicted octanol–water partition coefficient (Wildman–Crippen LogP) is 3.89. The number of amides is 1. The minimum absolute atomic E-state index is 0.0436. The number of anilines is 1. The van der Waals surface area contributed by atoms with Crippen LogP contribution in [0.1, 0.15) is 23.5 Å². The summed E-state index contributed by atoms with van der Waals surface area (Å²) >= 11 is 0. The largest absolute Gasteiger partial charge is 0.490 e. The fraction of sp³-hybridized carbons (Fsp3) is 0.217. The average Bonchev–Trinajstić information content (AvgIpc) is 3.09. The number of rotatable bonds is 5. The topological polar surface area (TPSA) is 55.8 Å². The van der Waals surface area contributed by atoms with Gasteiger partial charge in [-0.3, -0.25) is 9.69 Å². The maximum Gasteiger partial charge on any atom is 0.336 e. The molecule has 2 aliphatic heterocycles. The van der Waals surface area contributed by atoms with Crippen molar-refractivity contribution in [2.24, 2.45) is 0 Å². The van der Waals surface area contributed by atoms with Crippen LogP contribution in [0, 0.1) is 6.92 Å². The molecule has 0 radical (unpaired) electrons. The first kappa shape index (κ1) is 18.0. The monoisotopic (exact) mass is 375 g/mol. The standard InChI is InChI=1S/C23H21NO4/c1-3-12-27-18-10-6-16(7-11-18)19-13-21(25)24(17-8-4-15(2)5-9-17)20-14-28-23(26)22(19)20/h3-11,19H,1,12-14H2,2H3/t19-/m0/s1. The number of benzene rings is 2. The number of aryl methyl sites for hydroxylation is 1. The van der Waals surface area contributed by atoms with E-state index in [1.807, 2.05) is 55.5 Å². The zero-order valence-corrected chi connectivity index (χ0v) is 15.7. The maximum atomic E-state index is 13.0. The molecule has 0 aliphatic carbocycles. The molecule has 5 heteroatoms. The molecule has 1 amide bonds. The number of ether oxygens (including phenoxy) is 2. The lowest BCUT2D eigenvalue weighted by molar-refractivity contribution is -0.136. The van der Waals surface area contributed by atoms with Gasteiger partial charge in [0.25, 0.3) is 0 Å². The number of nitrogens with zero attached hydrogens (tertiary/aromatic N) is 1. The van der Waals surface area contributed by atoms with Crippen molar-refractivity contribution in [3.63, 3.8) is 0 Å². The third-order valence-electron chi connectivity index (χ3n) is 5.06. The van der Waals surface area contributed by atoms with Crippen LogP contribution in [0.25, 0.3) is 0 Å². The minimum atomic E-state index is -0.350. The van der Waals surface area contributed by atoms with E-state index in [0.717, 1.165) is 22.6 Å². The molecule has 0 aromatic heterocycles. The van der Waals surface area contributed by atoms with Gasteiger partial charge in [0.15, 0.2) is 0 Å². The molecule has 0 bridgehead atoms. The molecule has 142 valence electrons. The summed E-state index contributed by atoms with van der Waals surface area (Å²) in [4.78, 5) is 27.1. The highest BCUT2D eigenvalue weighted by Gasteiger charge is 2.42. The van der Waals surface area contributed by atoms with Gasteiger partial charge in [0, 0.05) is 18.0 Å². The van der Waals surface area contributed by atoms with Crippen LogP contribution in [-0.4, -0.2) is 25.1 Å². The first-order valence-electron chi connectivity index (χ1n) is 9.22. The van der Waals surface area contributed by atoms with Crippen molar-refractivity contribution in [3.05, 3.63) is 83.6 Å². The molecule has 28 heavy (non-hydrogen) atoms. The molecule has 0 spiro atoms. The SMILES string of the molecule is C=CCOc1ccc([C@@H]2CC(=O)N(c3ccc(C)cc3)C3=C2C(=O)OC3)cc1. The van der Waals surface area contributed by atoms with Gasteiger partial charge in [-0.2, -0.15) is 0 Å². The molecular weight excluding hydrogens is 354 g/mol. The van der Waals surface area contributed by atoms with Crippen LogP contribution in [0.5, 0.6) is 5.75 Å². The van der Waals surface area contributed by atoms with E-state index in [1.165, 1.54) is 0 Å². The van der Waals surface area contributed by atoms with Crippen LogP contribution >= 0.6 is 0 Å². The van der Waals surface area contributed by atoms with E-state index in [2.05, 4.69) is 6.58 Å². The van der Waals surface area contributed by atoms with E-state index in [1.54, 1.807) is 11.0 Å². The molecular formula is C23H21NO4. The first-order chi connectivity index (χ1) is 13.6. The highest BCUT2D eigenvalue weighted by molar-refractivity contribution is 6.06. The Morgan fingerprint density at radius 3 is 2.54 bits per heavy atom. The van der Waals surface area contributed by atoms with Crippen molar-refractivity contribution in [1.82, 2.24) is 0 Å². The molecule has 4 rings (SSSR count). The fourth-order valence-corrected chi connectivity index (χ4v) is 3.68.